The van der Waals surface area contributed by atoms with E-state index in [1.807, 2.05) is 12.1 Å². The summed E-state index contributed by atoms with van der Waals surface area (Å²) in [5.74, 6) is -0.761. The molecule has 1 fully saturated rings. The highest BCUT2D eigenvalue weighted by atomic mass is 35.5. The van der Waals surface area contributed by atoms with Crippen molar-refractivity contribution < 1.29 is 14.3 Å². The Morgan fingerprint density at radius 1 is 1.00 bits per heavy atom. The van der Waals surface area contributed by atoms with Crippen molar-refractivity contribution in [1.29, 1.82) is 0 Å². The van der Waals surface area contributed by atoms with Crippen LogP contribution in [-0.2, 0) is 19.7 Å². The van der Waals surface area contributed by atoms with Crippen LogP contribution < -0.4 is 5.32 Å². The molecule has 0 bridgehead atoms. The monoisotopic (exact) mass is 391 g/mol. The van der Waals surface area contributed by atoms with Crippen LogP contribution in [0.25, 0.3) is 0 Å². The number of carbonyl (C=O) groups is 2. The lowest BCUT2D eigenvalue weighted by atomic mass is 9.79. The van der Waals surface area contributed by atoms with E-state index < -0.39 is 11.3 Å². The minimum atomic E-state index is -0.694. The predicted molar refractivity (Wildman–Crippen MR) is 103 cm³/mol. The Morgan fingerprint density at radius 3 is 2.35 bits per heavy atom. The number of rotatable bonds is 5. The molecule has 6 heteroatoms. The summed E-state index contributed by atoms with van der Waals surface area (Å²) in [6.45, 7) is -0.333. The molecule has 3 rings (SSSR count). The summed E-state index contributed by atoms with van der Waals surface area (Å²) < 4.78 is 5.36. The van der Waals surface area contributed by atoms with Gasteiger partial charge in [0.25, 0.3) is 5.91 Å². The van der Waals surface area contributed by atoms with Crippen LogP contribution in [0.1, 0.15) is 31.2 Å². The van der Waals surface area contributed by atoms with Crippen LogP contribution in [-0.4, -0.2) is 18.5 Å². The Labute approximate surface area is 162 Å². The van der Waals surface area contributed by atoms with E-state index >= 15 is 0 Å². The maximum Gasteiger partial charge on any atom is 0.317 e. The Bertz CT molecular complexity index is 799. The van der Waals surface area contributed by atoms with Gasteiger partial charge in [0.1, 0.15) is 0 Å². The molecule has 1 amide bonds. The highest BCUT2D eigenvalue weighted by Crippen LogP contribution is 2.42. The molecule has 0 atom stereocenters. The second-order valence-electron chi connectivity index (χ2n) is 6.43. The summed E-state index contributed by atoms with van der Waals surface area (Å²) in [5.41, 5.74) is 0.757. The average molecular weight is 392 g/mol. The molecule has 1 saturated carbocycles. The first-order chi connectivity index (χ1) is 12.5. The zero-order valence-electron chi connectivity index (χ0n) is 14.1. The third-order valence-electron chi connectivity index (χ3n) is 4.69. The van der Waals surface area contributed by atoms with Gasteiger partial charge in [-0.3, -0.25) is 9.59 Å². The van der Waals surface area contributed by atoms with E-state index in [9.17, 15) is 9.59 Å². The minimum Gasteiger partial charge on any atom is -0.455 e. The van der Waals surface area contributed by atoms with Gasteiger partial charge in [-0.15, -0.1) is 0 Å². The van der Waals surface area contributed by atoms with E-state index in [2.05, 4.69) is 5.32 Å². The zero-order chi connectivity index (χ0) is 18.6. The van der Waals surface area contributed by atoms with Gasteiger partial charge in [0.2, 0.25) is 0 Å². The number of ether oxygens (including phenoxy) is 1. The van der Waals surface area contributed by atoms with E-state index in [-0.39, 0.29) is 12.6 Å². The lowest BCUT2D eigenvalue weighted by molar-refractivity contribution is -0.153. The standard InChI is InChI=1S/C20H19Cl2NO3/c21-15-8-6-14(7-9-15)20(10-1-2-11-20)19(25)26-13-18(24)23-17-5-3-4-16(22)12-17/h3-9,12H,1-2,10-11,13H2,(H,23,24). The highest BCUT2D eigenvalue weighted by molar-refractivity contribution is 6.31. The maximum absolute atomic E-state index is 12.8. The summed E-state index contributed by atoms with van der Waals surface area (Å²) in [6, 6.07) is 14.1. The molecule has 2 aromatic rings. The SMILES string of the molecule is O=C(COC(=O)C1(c2ccc(Cl)cc2)CCCC1)Nc1cccc(Cl)c1. The molecule has 0 unspecified atom stereocenters. The number of halogens is 2. The third-order valence-corrected chi connectivity index (χ3v) is 5.17. The van der Waals surface area contributed by atoms with E-state index in [1.54, 1.807) is 36.4 Å². The van der Waals surface area contributed by atoms with Crippen molar-refractivity contribution in [2.45, 2.75) is 31.1 Å². The number of nitrogens with one attached hydrogen (secondary N) is 1. The predicted octanol–water partition coefficient (Wildman–Crippen LogP) is 4.99. The topological polar surface area (TPSA) is 55.4 Å². The summed E-state index contributed by atoms with van der Waals surface area (Å²) in [4.78, 5) is 24.9. The molecule has 0 radical (unpaired) electrons. The number of carbonyl (C=O) groups excluding carboxylic acids is 2. The van der Waals surface area contributed by atoms with Crippen molar-refractivity contribution in [3.05, 3.63) is 64.1 Å². The smallest absolute Gasteiger partial charge is 0.317 e. The summed E-state index contributed by atoms with van der Waals surface area (Å²) >= 11 is 11.8. The average Bonchev–Trinajstić information content (AvgIpc) is 3.11. The molecular formula is C20H19Cl2NO3. The van der Waals surface area contributed by atoms with Gasteiger partial charge in [-0.1, -0.05) is 54.2 Å². The van der Waals surface area contributed by atoms with Crippen LogP contribution in [0, 0.1) is 0 Å². The second kappa shape index (κ2) is 8.11. The fourth-order valence-corrected chi connectivity index (χ4v) is 3.71. The number of esters is 1. The molecule has 1 aliphatic rings. The fraction of sp³-hybridized carbons (Fsp3) is 0.300. The second-order valence-corrected chi connectivity index (χ2v) is 7.30. The van der Waals surface area contributed by atoms with Gasteiger partial charge >= 0.3 is 5.97 Å². The van der Waals surface area contributed by atoms with Gasteiger partial charge in [0, 0.05) is 15.7 Å². The molecule has 1 N–H and O–H groups in total. The molecule has 0 spiro atoms. The lowest BCUT2D eigenvalue weighted by Crippen LogP contribution is -2.36. The van der Waals surface area contributed by atoms with Crippen LogP contribution in [0.5, 0.6) is 0 Å². The molecule has 4 nitrogen and oxygen atoms in total. The molecule has 1 aliphatic carbocycles. The van der Waals surface area contributed by atoms with Gasteiger partial charge < -0.3 is 10.1 Å². The quantitative estimate of drug-likeness (QED) is 0.730. The molecular weight excluding hydrogens is 373 g/mol. The Kier molecular flexibility index (Phi) is 5.84. The van der Waals surface area contributed by atoms with Crippen LogP contribution in [0.15, 0.2) is 48.5 Å². The van der Waals surface area contributed by atoms with Crippen molar-refractivity contribution in [2.75, 3.05) is 11.9 Å². The van der Waals surface area contributed by atoms with Gasteiger partial charge in [-0.2, -0.15) is 0 Å². The summed E-state index contributed by atoms with van der Waals surface area (Å²) in [5, 5.41) is 3.81. The molecule has 2 aromatic carbocycles. The van der Waals surface area contributed by atoms with Crippen molar-refractivity contribution in [1.82, 2.24) is 0 Å². The fourth-order valence-electron chi connectivity index (χ4n) is 3.39. The highest BCUT2D eigenvalue weighted by Gasteiger charge is 2.44. The Morgan fingerprint density at radius 2 is 1.69 bits per heavy atom. The first kappa shape index (κ1) is 18.7. The molecule has 26 heavy (non-hydrogen) atoms. The maximum atomic E-state index is 12.8. The Hall–Kier alpha value is -2.04. The lowest BCUT2D eigenvalue weighted by Gasteiger charge is -2.27. The third kappa shape index (κ3) is 4.19. The molecule has 0 aliphatic heterocycles. The number of amides is 1. The molecule has 136 valence electrons. The van der Waals surface area contributed by atoms with E-state index in [4.69, 9.17) is 27.9 Å². The first-order valence-electron chi connectivity index (χ1n) is 8.48. The van der Waals surface area contributed by atoms with Crippen molar-refractivity contribution >= 4 is 40.8 Å². The number of benzene rings is 2. The van der Waals surface area contributed by atoms with E-state index in [0.29, 0.717) is 28.6 Å². The first-order valence-corrected chi connectivity index (χ1v) is 9.24. The van der Waals surface area contributed by atoms with Crippen molar-refractivity contribution in [3.8, 4) is 0 Å². The number of anilines is 1. The number of hydrogen-bond acceptors (Lipinski definition) is 3. The number of hydrogen-bond donors (Lipinski definition) is 1. The Balaban J connectivity index is 1.65. The van der Waals surface area contributed by atoms with Crippen LogP contribution in [0.3, 0.4) is 0 Å². The van der Waals surface area contributed by atoms with Gasteiger partial charge in [-0.25, -0.2) is 0 Å². The van der Waals surface area contributed by atoms with Gasteiger partial charge in [0.05, 0.1) is 5.41 Å². The molecule has 0 heterocycles. The van der Waals surface area contributed by atoms with Crippen LogP contribution in [0.2, 0.25) is 10.0 Å². The summed E-state index contributed by atoms with van der Waals surface area (Å²) in [6.07, 6.45) is 3.33. The van der Waals surface area contributed by atoms with E-state index in [0.717, 1.165) is 18.4 Å². The zero-order valence-corrected chi connectivity index (χ0v) is 15.6. The van der Waals surface area contributed by atoms with E-state index in [1.165, 1.54) is 0 Å². The van der Waals surface area contributed by atoms with Crippen molar-refractivity contribution in [2.24, 2.45) is 0 Å². The normalized spacial score (nSPS) is 15.5. The van der Waals surface area contributed by atoms with Crippen molar-refractivity contribution in [3.63, 3.8) is 0 Å². The van der Waals surface area contributed by atoms with Crippen LogP contribution >= 0.6 is 23.2 Å². The van der Waals surface area contributed by atoms with Crippen LogP contribution in [0.4, 0.5) is 5.69 Å². The summed E-state index contributed by atoms with van der Waals surface area (Å²) in [7, 11) is 0. The molecule has 0 saturated heterocycles. The minimum absolute atomic E-state index is 0.333. The van der Waals surface area contributed by atoms with Gasteiger partial charge in [-0.05, 0) is 48.7 Å². The van der Waals surface area contributed by atoms with Gasteiger partial charge in [0.15, 0.2) is 6.61 Å². The molecule has 0 aromatic heterocycles. The largest absolute Gasteiger partial charge is 0.455 e.